The van der Waals surface area contributed by atoms with Crippen LogP contribution in [0.1, 0.15) is 37.7 Å². The molecule has 1 unspecified atom stereocenters. The molecular weight excluding hydrogens is 341 g/mol. The fourth-order valence-electron chi connectivity index (χ4n) is 3.56. The van der Waals surface area contributed by atoms with Crippen LogP contribution in [-0.4, -0.2) is 25.2 Å². The SMILES string of the molecule is CCCN(CC1CC1)c1ccc(N=CC2C(=O)Nc3cccc(F)c32)cc1. The Morgan fingerprint density at radius 2 is 2.00 bits per heavy atom. The van der Waals surface area contributed by atoms with E-state index in [9.17, 15) is 9.18 Å². The van der Waals surface area contributed by atoms with Gasteiger partial charge < -0.3 is 10.2 Å². The molecule has 1 heterocycles. The lowest BCUT2D eigenvalue weighted by molar-refractivity contribution is -0.115. The van der Waals surface area contributed by atoms with E-state index in [0.29, 0.717) is 11.3 Å². The van der Waals surface area contributed by atoms with Gasteiger partial charge in [-0.05, 0) is 61.6 Å². The minimum Gasteiger partial charge on any atom is -0.371 e. The Kier molecular flexibility index (Phi) is 4.92. The van der Waals surface area contributed by atoms with Gasteiger partial charge in [0.15, 0.2) is 0 Å². The van der Waals surface area contributed by atoms with E-state index in [-0.39, 0.29) is 11.7 Å². The minimum absolute atomic E-state index is 0.242. The molecule has 1 aliphatic carbocycles. The molecule has 0 aromatic heterocycles. The van der Waals surface area contributed by atoms with Gasteiger partial charge in [0, 0.05) is 36.2 Å². The molecule has 4 nitrogen and oxygen atoms in total. The van der Waals surface area contributed by atoms with Crippen molar-refractivity contribution >= 4 is 29.2 Å². The Morgan fingerprint density at radius 3 is 2.70 bits per heavy atom. The van der Waals surface area contributed by atoms with E-state index >= 15 is 0 Å². The number of hydrogen-bond donors (Lipinski definition) is 1. The third-order valence-electron chi connectivity index (χ3n) is 5.16. The molecule has 0 spiro atoms. The molecule has 1 amide bonds. The first-order valence-electron chi connectivity index (χ1n) is 9.64. The van der Waals surface area contributed by atoms with E-state index in [1.165, 1.54) is 30.8 Å². The first-order valence-corrected chi connectivity index (χ1v) is 9.64. The number of carbonyl (C=O) groups is 1. The molecule has 0 bridgehead atoms. The molecule has 140 valence electrons. The van der Waals surface area contributed by atoms with Crippen molar-refractivity contribution in [2.75, 3.05) is 23.3 Å². The Morgan fingerprint density at radius 1 is 1.22 bits per heavy atom. The maximum absolute atomic E-state index is 14.1. The maximum atomic E-state index is 14.1. The van der Waals surface area contributed by atoms with Crippen LogP contribution in [0.15, 0.2) is 47.5 Å². The van der Waals surface area contributed by atoms with Crippen molar-refractivity contribution in [3.8, 4) is 0 Å². The van der Waals surface area contributed by atoms with Crippen LogP contribution in [0.3, 0.4) is 0 Å². The van der Waals surface area contributed by atoms with Crippen molar-refractivity contribution in [1.29, 1.82) is 0 Å². The Hall–Kier alpha value is -2.69. The van der Waals surface area contributed by atoms with Crippen molar-refractivity contribution in [2.24, 2.45) is 10.9 Å². The lowest BCUT2D eigenvalue weighted by Gasteiger charge is -2.24. The van der Waals surface area contributed by atoms with Crippen LogP contribution in [0.5, 0.6) is 0 Å². The molecule has 2 aliphatic rings. The second kappa shape index (κ2) is 7.51. The number of hydrogen-bond acceptors (Lipinski definition) is 3. The molecule has 5 heteroatoms. The Labute approximate surface area is 159 Å². The van der Waals surface area contributed by atoms with Crippen LogP contribution >= 0.6 is 0 Å². The number of amides is 1. The largest absolute Gasteiger partial charge is 0.371 e. The van der Waals surface area contributed by atoms with Gasteiger partial charge in [0.2, 0.25) is 5.91 Å². The Bertz CT molecular complexity index is 858. The topological polar surface area (TPSA) is 44.7 Å². The van der Waals surface area contributed by atoms with Crippen molar-refractivity contribution in [2.45, 2.75) is 32.1 Å². The van der Waals surface area contributed by atoms with Gasteiger partial charge in [-0.1, -0.05) is 13.0 Å². The third-order valence-corrected chi connectivity index (χ3v) is 5.16. The smallest absolute Gasteiger partial charge is 0.237 e. The van der Waals surface area contributed by atoms with E-state index in [2.05, 4.69) is 34.3 Å². The molecule has 0 saturated heterocycles. The van der Waals surface area contributed by atoms with Gasteiger partial charge in [-0.2, -0.15) is 0 Å². The lowest BCUT2D eigenvalue weighted by atomic mass is 10.0. The zero-order valence-electron chi connectivity index (χ0n) is 15.5. The van der Waals surface area contributed by atoms with E-state index < -0.39 is 5.92 Å². The van der Waals surface area contributed by atoms with Gasteiger partial charge in [-0.25, -0.2) is 4.39 Å². The fraction of sp³-hybridized carbons (Fsp3) is 0.364. The molecule has 2 aromatic carbocycles. The number of aliphatic imine (C=N–C) groups is 1. The lowest BCUT2D eigenvalue weighted by Crippen LogP contribution is -2.26. The van der Waals surface area contributed by atoms with Gasteiger partial charge in [-0.15, -0.1) is 0 Å². The highest BCUT2D eigenvalue weighted by Gasteiger charge is 2.31. The van der Waals surface area contributed by atoms with Crippen molar-refractivity contribution in [3.63, 3.8) is 0 Å². The van der Waals surface area contributed by atoms with E-state index in [4.69, 9.17) is 0 Å². The highest BCUT2D eigenvalue weighted by Crippen LogP contribution is 2.34. The summed E-state index contributed by atoms with van der Waals surface area (Å²) in [7, 11) is 0. The summed E-state index contributed by atoms with van der Waals surface area (Å²) in [6, 6.07) is 12.7. The quantitative estimate of drug-likeness (QED) is 0.710. The van der Waals surface area contributed by atoms with Crippen LogP contribution in [0, 0.1) is 11.7 Å². The number of nitrogens with one attached hydrogen (secondary N) is 1. The van der Waals surface area contributed by atoms with Crippen LogP contribution < -0.4 is 10.2 Å². The first kappa shape index (κ1) is 17.7. The number of rotatable bonds is 7. The third kappa shape index (κ3) is 3.87. The normalized spacial score (nSPS) is 18.6. The van der Waals surface area contributed by atoms with Gasteiger partial charge in [-0.3, -0.25) is 9.79 Å². The number of carbonyl (C=O) groups excluding carboxylic acids is 1. The van der Waals surface area contributed by atoms with Crippen LogP contribution in [0.4, 0.5) is 21.5 Å². The number of halogens is 1. The fourth-order valence-corrected chi connectivity index (χ4v) is 3.56. The van der Waals surface area contributed by atoms with E-state index in [1.807, 2.05) is 12.1 Å². The highest BCUT2D eigenvalue weighted by atomic mass is 19.1. The molecule has 1 N–H and O–H groups in total. The zero-order valence-corrected chi connectivity index (χ0v) is 15.5. The molecule has 1 aliphatic heterocycles. The van der Waals surface area contributed by atoms with Gasteiger partial charge in [0.25, 0.3) is 0 Å². The summed E-state index contributed by atoms with van der Waals surface area (Å²) in [5.41, 5.74) is 2.88. The summed E-state index contributed by atoms with van der Waals surface area (Å²) in [4.78, 5) is 19.0. The summed E-state index contributed by atoms with van der Waals surface area (Å²) < 4.78 is 14.1. The second-order valence-electron chi connectivity index (χ2n) is 7.35. The van der Waals surface area contributed by atoms with Crippen LogP contribution in [0.25, 0.3) is 0 Å². The van der Waals surface area contributed by atoms with E-state index in [0.717, 1.165) is 31.1 Å². The van der Waals surface area contributed by atoms with Crippen molar-refractivity contribution < 1.29 is 9.18 Å². The monoisotopic (exact) mass is 365 g/mol. The number of nitrogens with zero attached hydrogens (tertiary/aromatic N) is 2. The molecular formula is C22H24FN3O. The van der Waals surface area contributed by atoms with Crippen LogP contribution in [0.2, 0.25) is 0 Å². The predicted octanol–water partition coefficient (Wildman–Crippen LogP) is 4.89. The van der Waals surface area contributed by atoms with Gasteiger partial charge >= 0.3 is 0 Å². The standard InChI is InChI=1S/C22H24FN3O/c1-2-12-26(14-15-6-7-15)17-10-8-16(9-11-17)24-13-18-21-19(23)4-3-5-20(21)25-22(18)27/h3-5,8-11,13,15,18H,2,6-7,12,14H2,1H3,(H,25,27). The molecule has 0 radical (unpaired) electrons. The predicted molar refractivity (Wildman–Crippen MR) is 108 cm³/mol. The number of benzene rings is 2. The van der Waals surface area contributed by atoms with Gasteiger partial charge in [0.05, 0.1) is 5.69 Å². The maximum Gasteiger partial charge on any atom is 0.237 e. The van der Waals surface area contributed by atoms with Crippen molar-refractivity contribution in [3.05, 3.63) is 53.8 Å². The molecule has 2 aromatic rings. The van der Waals surface area contributed by atoms with E-state index in [1.54, 1.807) is 12.1 Å². The Balaban J connectivity index is 1.49. The minimum atomic E-state index is -0.688. The van der Waals surface area contributed by atoms with Crippen LogP contribution in [-0.2, 0) is 4.79 Å². The van der Waals surface area contributed by atoms with Gasteiger partial charge in [0.1, 0.15) is 11.7 Å². The summed E-state index contributed by atoms with van der Waals surface area (Å²) in [6.45, 7) is 4.37. The van der Waals surface area contributed by atoms with Crippen molar-refractivity contribution in [1.82, 2.24) is 0 Å². The molecule has 1 atom stereocenters. The average Bonchev–Trinajstić information content (AvgIpc) is 3.42. The molecule has 1 saturated carbocycles. The highest BCUT2D eigenvalue weighted by molar-refractivity contribution is 6.12. The average molecular weight is 365 g/mol. The summed E-state index contributed by atoms with van der Waals surface area (Å²) in [5, 5.41) is 2.71. The first-order chi connectivity index (χ1) is 13.2. The molecule has 27 heavy (non-hydrogen) atoms. The molecule has 1 fully saturated rings. The number of fused-ring (bicyclic) bond motifs is 1. The second-order valence-corrected chi connectivity index (χ2v) is 7.35. The summed E-state index contributed by atoms with van der Waals surface area (Å²) in [5.74, 6) is -0.473. The molecule has 4 rings (SSSR count). The summed E-state index contributed by atoms with van der Waals surface area (Å²) in [6.07, 6.45) is 5.33. The number of anilines is 2. The summed E-state index contributed by atoms with van der Waals surface area (Å²) >= 11 is 0. The zero-order chi connectivity index (χ0) is 18.8.